The lowest BCUT2D eigenvalue weighted by Gasteiger charge is -2.27. The van der Waals surface area contributed by atoms with E-state index in [2.05, 4.69) is 46.5 Å². The number of rotatable bonds is 7. The van der Waals surface area contributed by atoms with Gasteiger partial charge in [0, 0.05) is 37.9 Å². The minimum absolute atomic E-state index is 0.230. The Labute approximate surface area is 151 Å². The molecular formula is C20H30N4O. The largest absolute Gasteiger partial charge is 0.496 e. The maximum absolute atomic E-state index is 5.58. The summed E-state index contributed by atoms with van der Waals surface area (Å²) >= 11 is 0. The Bertz CT molecular complexity index is 676. The number of ether oxygens (including phenoxy) is 1. The summed E-state index contributed by atoms with van der Waals surface area (Å²) in [6, 6.07) is 8.83. The third-order valence-corrected chi connectivity index (χ3v) is 4.98. The minimum Gasteiger partial charge on any atom is -0.496 e. The zero-order valence-electron chi connectivity index (χ0n) is 15.7. The molecule has 2 aromatic rings. The first kappa shape index (κ1) is 18.0. The van der Waals surface area contributed by atoms with Crippen molar-refractivity contribution >= 4 is 0 Å². The van der Waals surface area contributed by atoms with Crippen molar-refractivity contribution in [1.82, 2.24) is 20.0 Å². The summed E-state index contributed by atoms with van der Waals surface area (Å²) < 4.78 is 7.42. The lowest BCUT2D eigenvalue weighted by atomic mass is 10.1. The highest BCUT2D eigenvalue weighted by Crippen LogP contribution is 2.23. The fourth-order valence-electron chi connectivity index (χ4n) is 3.46. The Hall–Kier alpha value is -1.85. The van der Waals surface area contributed by atoms with Gasteiger partial charge in [-0.2, -0.15) is 5.10 Å². The standard InChI is InChI=1S/C20H30N4O/c1-16(19-9-12-23(2)22-19)21-14-17-7-8-20(25-3)18(13-17)15-24-10-5-4-6-11-24/h7-9,12-13,16,21H,4-6,10-11,14-15H2,1-3H3. The number of hydrogen-bond donors (Lipinski definition) is 1. The molecule has 2 heterocycles. The van der Waals surface area contributed by atoms with Gasteiger partial charge in [0.15, 0.2) is 0 Å². The molecule has 3 rings (SSSR count). The summed E-state index contributed by atoms with van der Waals surface area (Å²) in [6.07, 6.45) is 5.97. The average molecular weight is 342 g/mol. The summed E-state index contributed by atoms with van der Waals surface area (Å²) in [4.78, 5) is 2.54. The van der Waals surface area contributed by atoms with Crippen LogP contribution in [0.1, 0.15) is 49.0 Å². The molecule has 1 fully saturated rings. The summed E-state index contributed by atoms with van der Waals surface area (Å²) in [6.45, 7) is 6.35. The highest BCUT2D eigenvalue weighted by atomic mass is 16.5. The molecule has 0 saturated carbocycles. The van der Waals surface area contributed by atoms with Crippen LogP contribution in [0, 0.1) is 0 Å². The lowest BCUT2D eigenvalue weighted by molar-refractivity contribution is 0.218. The van der Waals surface area contributed by atoms with E-state index in [-0.39, 0.29) is 6.04 Å². The van der Waals surface area contributed by atoms with Crippen LogP contribution in [0.15, 0.2) is 30.5 Å². The van der Waals surface area contributed by atoms with E-state index in [4.69, 9.17) is 4.74 Å². The van der Waals surface area contributed by atoms with Crippen LogP contribution in [0.4, 0.5) is 0 Å². The van der Waals surface area contributed by atoms with Crippen LogP contribution >= 0.6 is 0 Å². The molecule has 1 aromatic carbocycles. The van der Waals surface area contributed by atoms with Gasteiger partial charge in [-0.3, -0.25) is 9.58 Å². The van der Waals surface area contributed by atoms with Gasteiger partial charge in [0.2, 0.25) is 0 Å². The summed E-state index contributed by atoms with van der Waals surface area (Å²) in [7, 11) is 3.71. The quantitative estimate of drug-likeness (QED) is 0.839. The first-order valence-electron chi connectivity index (χ1n) is 9.27. The van der Waals surface area contributed by atoms with Crippen molar-refractivity contribution in [2.24, 2.45) is 7.05 Å². The predicted molar refractivity (Wildman–Crippen MR) is 101 cm³/mol. The Balaban J connectivity index is 1.64. The first-order chi connectivity index (χ1) is 12.2. The smallest absolute Gasteiger partial charge is 0.123 e. The number of nitrogens with one attached hydrogen (secondary N) is 1. The number of benzene rings is 1. The van der Waals surface area contributed by atoms with E-state index in [1.165, 1.54) is 43.5 Å². The fourth-order valence-corrected chi connectivity index (χ4v) is 3.46. The summed E-state index contributed by atoms with van der Waals surface area (Å²) in [5, 5.41) is 8.04. The molecule has 0 bridgehead atoms. The molecular weight excluding hydrogens is 312 g/mol. The zero-order valence-corrected chi connectivity index (χ0v) is 15.7. The molecule has 1 N–H and O–H groups in total. The predicted octanol–water partition coefficient (Wildman–Crippen LogP) is 3.27. The fraction of sp³-hybridized carbons (Fsp3) is 0.550. The van der Waals surface area contributed by atoms with E-state index in [0.717, 1.165) is 24.5 Å². The Morgan fingerprint density at radius 3 is 2.68 bits per heavy atom. The molecule has 0 spiro atoms. The molecule has 1 aliphatic rings. The van der Waals surface area contributed by atoms with Crippen molar-refractivity contribution in [1.29, 1.82) is 0 Å². The summed E-state index contributed by atoms with van der Waals surface area (Å²) in [5.74, 6) is 0.993. The van der Waals surface area contributed by atoms with Crippen LogP contribution in [0.25, 0.3) is 0 Å². The van der Waals surface area contributed by atoms with Crippen LogP contribution < -0.4 is 10.1 Å². The molecule has 5 heteroatoms. The molecule has 1 unspecified atom stereocenters. The van der Waals surface area contributed by atoms with Crippen molar-refractivity contribution in [3.05, 3.63) is 47.3 Å². The lowest BCUT2D eigenvalue weighted by Crippen LogP contribution is -2.29. The Kier molecular flexibility index (Phi) is 6.10. The van der Waals surface area contributed by atoms with Crippen LogP contribution in [-0.4, -0.2) is 34.9 Å². The van der Waals surface area contributed by atoms with Crippen LogP contribution in [0.2, 0.25) is 0 Å². The minimum atomic E-state index is 0.230. The second-order valence-electron chi connectivity index (χ2n) is 7.00. The van der Waals surface area contributed by atoms with Gasteiger partial charge in [-0.1, -0.05) is 12.5 Å². The normalized spacial score (nSPS) is 16.8. The van der Waals surface area contributed by atoms with Crippen LogP contribution in [-0.2, 0) is 20.1 Å². The third-order valence-electron chi connectivity index (χ3n) is 4.98. The van der Waals surface area contributed by atoms with Crippen molar-refractivity contribution in [2.45, 2.75) is 45.3 Å². The number of methoxy groups -OCH3 is 1. The third kappa shape index (κ3) is 4.83. The van der Waals surface area contributed by atoms with E-state index in [1.807, 2.05) is 17.9 Å². The van der Waals surface area contributed by atoms with Crippen molar-refractivity contribution in [2.75, 3.05) is 20.2 Å². The second kappa shape index (κ2) is 8.50. The van der Waals surface area contributed by atoms with E-state index in [0.29, 0.717) is 0 Å². The van der Waals surface area contributed by atoms with Crippen molar-refractivity contribution in [3.8, 4) is 5.75 Å². The number of hydrogen-bond acceptors (Lipinski definition) is 4. The van der Waals surface area contributed by atoms with E-state index in [9.17, 15) is 0 Å². The number of likely N-dealkylation sites (tertiary alicyclic amines) is 1. The molecule has 0 amide bonds. The number of aromatic nitrogens is 2. The number of aryl methyl sites for hydroxylation is 1. The SMILES string of the molecule is COc1ccc(CNC(C)c2ccn(C)n2)cc1CN1CCCCC1. The molecule has 25 heavy (non-hydrogen) atoms. The molecule has 0 aliphatic carbocycles. The number of piperidine rings is 1. The van der Waals surface area contributed by atoms with Crippen molar-refractivity contribution < 1.29 is 4.74 Å². The highest BCUT2D eigenvalue weighted by Gasteiger charge is 2.14. The van der Waals surface area contributed by atoms with Gasteiger partial charge in [0.25, 0.3) is 0 Å². The molecule has 1 aromatic heterocycles. The Morgan fingerprint density at radius 1 is 1.20 bits per heavy atom. The molecule has 1 aliphatic heterocycles. The topological polar surface area (TPSA) is 42.3 Å². The maximum atomic E-state index is 5.58. The average Bonchev–Trinajstić information content (AvgIpc) is 3.07. The maximum Gasteiger partial charge on any atom is 0.123 e. The molecule has 1 atom stereocenters. The van der Waals surface area contributed by atoms with Gasteiger partial charge in [0.05, 0.1) is 12.8 Å². The molecule has 136 valence electrons. The van der Waals surface area contributed by atoms with E-state index >= 15 is 0 Å². The number of nitrogens with zero attached hydrogens (tertiary/aromatic N) is 3. The highest BCUT2D eigenvalue weighted by molar-refractivity contribution is 5.37. The van der Waals surface area contributed by atoms with Gasteiger partial charge in [0.1, 0.15) is 5.75 Å². The monoisotopic (exact) mass is 342 g/mol. The van der Waals surface area contributed by atoms with Gasteiger partial charge in [-0.05, 0) is 56.6 Å². The van der Waals surface area contributed by atoms with Crippen LogP contribution in [0.5, 0.6) is 5.75 Å². The first-order valence-corrected chi connectivity index (χ1v) is 9.27. The van der Waals surface area contributed by atoms with Gasteiger partial charge in [-0.25, -0.2) is 0 Å². The molecule has 1 saturated heterocycles. The van der Waals surface area contributed by atoms with E-state index < -0.39 is 0 Å². The second-order valence-corrected chi connectivity index (χ2v) is 7.00. The van der Waals surface area contributed by atoms with Gasteiger partial charge < -0.3 is 10.1 Å². The zero-order chi connectivity index (χ0) is 17.6. The Morgan fingerprint density at radius 2 is 2.00 bits per heavy atom. The molecule has 0 radical (unpaired) electrons. The van der Waals surface area contributed by atoms with Gasteiger partial charge >= 0.3 is 0 Å². The summed E-state index contributed by atoms with van der Waals surface area (Å²) in [5.41, 5.74) is 3.65. The van der Waals surface area contributed by atoms with E-state index in [1.54, 1.807) is 7.11 Å². The van der Waals surface area contributed by atoms with Gasteiger partial charge in [-0.15, -0.1) is 0 Å². The molecule has 5 nitrogen and oxygen atoms in total. The van der Waals surface area contributed by atoms with Crippen LogP contribution in [0.3, 0.4) is 0 Å². The van der Waals surface area contributed by atoms with Crippen molar-refractivity contribution in [3.63, 3.8) is 0 Å².